The number of carbonyl (C=O) groups is 3. The third-order valence-corrected chi connectivity index (χ3v) is 13.0. The number of ether oxygens (including phenoxy) is 3. The van der Waals surface area contributed by atoms with Crippen LogP contribution in [0.1, 0.15) is 317 Å². The largest absolute Gasteiger partial charge is 0.462 e. The molecule has 0 bridgehead atoms. The Balaban J connectivity index is 4.22. The molecule has 0 amide bonds. The highest BCUT2D eigenvalue weighted by atomic mass is 16.6. The summed E-state index contributed by atoms with van der Waals surface area (Å²) in [5.74, 6) is 0.782. The van der Waals surface area contributed by atoms with Gasteiger partial charge in [-0.1, -0.05) is 279 Å². The van der Waals surface area contributed by atoms with Gasteiger partial charge in [0.05, 0.1) is 0 Å². The van der Waals surface area contributed by atoms with E-state index >= 15 is 0 Å². The average Bonchev–Trinajstić information content (AvgIpc) is 3.25. The van der Waals surface area contributed by atoms with Crippen molar-refractivity contribution >= 4 is 17.9 Å². The molecule has 0 aromatic heterocycles. The molecule has 0 N–H and O–H groups in total. The van der Waals surface area contributed by atoms with Crippen molar-refractivity contribution in [2.75, 3.05) is 13.2 Å². The summed E-state index contributed by atoms with van der Waals surface area (Å²) in [4.78, 5) is 38.0. The predicted molar refractivity (Wildman–Crippen MR) is 270 cm³/mol. The molecule has 0 spiro atoms. The second-order valence-corrected chi connectivity index (χ2v) is 20.5. The molecule has 0 radical (unpaired) electrons. The summed E-state index contributed by atoms with van der Waals surface area (Å²) >= 11 is 0. The SMILES string of the molecule is CCCCCCCCCCCCCCCCCCCC(=O)OC[C@@H](COC(=O)CCCCCCCCCCCCCCCCCC(C)C)OC(=O)CCCCCCCCCC(C)C. The molecule has 0 rings (SSSR count). The summed E-state index contributed by atoms with van der Waals surface area (Å²) < 4.78 is 16.8. The predicted octanol–water partition coefficient (Wildman–Crippen LogP) is 18.5. The zero-order valence-electron chi connectivity index (χ0n) is 43.2. The van der Waals surface area contributed by atoms with Crippen LogP contribution in [0.3, 0.4) is 0 Å². The van der Waals surface area contributed by atoms with Gasteiger partial charge in [0.2, 0.25) is 0 Å². The van der Waals surface area contributed by atoms with E-state index in [0.29, 0.717) is 19.3 Å². The maximum Gasteiger partial charge on any atom is 0.306 e. The fourth-order valence-corrected chi connectivity index (χ4v) is 8.70. The first-order valence-electron chi connectivity index (χ1n) is 28.2. The zero-order valence-corrected chi connectivity index (χ0v) is 43.2. The fourth-order valence-electron chi connectivity index (χ4n) is 8.70. The van der Waals surface area contributed by atoms with Crippen LogP contribution in [-0.4, -0.2) is 37.2 Å². The zero-order chi connectivity index (χ0) is 46.1. The van der Waals surface area contributed by atoms with Crippen LogP contribution in [0.5, 0.6) is 0 Å². The lowest BCUT2D eigenvalue weighted by Crippen LogP contribution is -2.30. The van der Waals surface area contributed by atoms with Crippen LogP contribution >= 0.6 is 0 Å². The monoisotopic (exact) mass is 891 g/mol. The lowest BCUT2D eigenvalue weighted by molar-refractivity contribution is -0.167. The molecule has 0 fully saturated rings. The van der Waals surface area contributed by atoms with Crippen molar-refractivity contribution in [3.63, 3.8) is 0 Å². The summed E-state index contributed by atoms with van der Waals surface area (Å²) in [6.07, 6.45) is 52.5. The molecule has 1 atom stereocenters. The molecule has 6 nitrogen and oxygen atoms in total. The van der Waals surface area contributed by atoms with Crippen LogP contribution in [0.2, 0.25) is 0 Å². The van der Waals surface area contributed by atoms with Gasteiger partial charge < -0.3 is 14.2 Å². The summed E-state index contributed by atoms with van der Waals surface area (Å²) in [7, 11) is 0. The fraction of sp³-hybridized carbons (Fsp3) is 0.947. The van der Waals surface area contributed by atoms with Crippen molar-refractivity contribution in [3.8, 4) is 0 Å². The lowest BCUT2D eigenvalue weighted by Gasteiger charge is -2.18. The smallest absolute Gasteiger partial charge is 0.306 e. The number of esters is 3. The van der Waals surface area contributed by atoms with E-state index in [1.807, 2.05) is 0 Å². The number of unbranched alkanes of at least 4 members (excludes halogenated alkanes) is 36. The van der Waals surface area contributed by atoms with Gasteiger partial charge in [-0.25, -0.2) is 0 Å². The standard InChI is InChI=1S/C57H110O6/c1-6-7-8-9-10-11-12-13-14-15-18-21-24-27-32-37-42-47-55(58)61-50-54(63-57(60)49-44-39-34-29-31-36-41-46-53(4)5)51-62-56(59)48-43-38-33-28-25-22-19-16-17-20-23-26-30-35-40-45-52(2)3/h52-54H,6-51H2,1-5H3/t54-/m0/s1. The number of hydrogen-bond acceptors (Lipinski definition) is 6. The Labute approximate surface area is 393 Å². The highest BCUT2D eigenvalue weighted by Crippen LogP contribution is 2.18. The topological polar surface area (TPSA) is 78.9 Å². The Hall–Kier alpha value is -1.59. The van der Waals surface area contributed by atoms with Crippen LogP contribution in [0, 0.1) is 11.8 Å². The first-order chi connectivity index (χ1) is 30.7. The van der Waals surface area contributed by atoms with E-state index in [-0.39, 0.29) is 31.1 Å². The molecule has 0 aliphatic rings. The lowest BCUT2D eigenvalue weighted by atomic mass is 10.0. The second kappa shape index (κ2) is 49.8. The van der Waals surface area contributed by atoms with Crippen molar-refractivity contribution in [1.82, 2.24) is 0 Å². The summed E-state index contributed by atoms with van der Waals surface area (Å²) in [5.41, 5.74) is 0. The Morgan fingerprint density at radius 3 is 0.778 bits per heavy atom. The molecular formula is C57H110O6. The Morgan fingerprint density at radius 1 is 0.302 bits per heavy atom. The van der Waals surface area contributed by atoms with E-state index in [1.165, 1.54) is 205 Å². The average molecular weight is 892 g/mol. The molecule has 0 aliphatic heterocycles. The molecule has 0 saturated carbocycles. The number of rotatable bonds is 51. The van der Waals surface area contributed by atoms with Gasteiger partial charge in [0.1, 0.15) is 13.2 Å². The van der Waals surface area contributed by atoms with Gasteiger partial charge in [0, 0.05) is 19.3 Å². The van der Waals surface area contributed by atoms with E-state index in [1.54, 1.807) is 0 Å². The van der Waals surface area contributed by atoms with Gasteiger partial charge in [0.15, 0.2) is 6.10 Å². The van der Waals surface area contributed by atoms with Crippen molar-refractivity contribution in [2.45, 2.75) is 323 Å². The minimum absolute atomic E-state index is 0.0637. The van der Waals surface area contributed by atoms with Crippen LogP contribution in [0.4, 0.5) is 0 Å². The van der Waals surface area contributed by atoms with Gasteiger partial charge >= 0.3 is 17.9 Å². The third-order valence-electron chi connectivity index (χ3n) is 13.0. The van der Waals surface area contributed by atoms with E-state index in [9.17, 15) is 14.4 Å². The van der Waals surface area contributed by atoms with E-state index in [0.717, 1.165) is 69.6 Å². The van der Waals surface area contributed by atoms with Crippen LogP contribution in [-0.2, 0) is 28.6 Å². The molecule has 0 heterocycles. The number of hydrogen-bond donors (Lipinski definition) is 0. The van der Waals surface area contributed by atoms with Gasteiger partial charge in [-0.05, 0) is 31.1 Å². The summed E-state index contributed by atoms with van der Waals surface area (Å²) in [5, 5.41) is 0. The first kappa shape index (κ1) is 61.4. The molecular weight excluding hydrogens is 781 g/mol. The molecule has 0 aromatic carbocycles. The van der Waals surface area contributed by atoms with Crippen molar-refractivity contribution in [1.29, 1.82) is 0 Å². The highest BCUT2D eigenvalue weighted by Gasteiger charge is 2.19. The van der Waals surface area contributed by atoms with Gasteiger partial charge in [0.25, 0.3) is 0 Å². The maximum absolute atomic E-state index is 12.8. The minimum atomic E-state index is -0.763. The van der Waals surface area contributed by atoms with Crippen molar-refractivity contribution < 1.29 is 28.6 Å². The Kier molecular flexibility index (Phi) is 48.6. The maximum atomic E-state index is 12.8. The molecule has 63 heavy (non-hydrogen) atoms. The van der Waals surface area contributed by atoms with Crippen molar-refractivity contribution in [3.05, 3.63) is 0 Å². The minimum Gasteiger partial charge on any atom is -0.462 e. The van der Waals surface area contributed by atoms with Crippen LogP contribution < -0.4 is 0 Å². The quantitative estimate of drug-likeness (QED) is 0.0344. The third kappa shape index (κ3) is 51.3. The molecule has 0 aromatic rings. The van der Waals surface area contributed by atoms with E-state index < -0.39 is 6.10 Å². The Bertz CT molecular complexity index is 962. The molecule has 6 heteroatoms. The molecule has 0 aliphatic carbocycles. The van der Waals surface area contributed by atoms with Crippen LogP contribution in [0.25, 0.3) is 0 Å². The Morgan fingerprint density at radius 2 is 0.524 bits per heavy atom. The van der Waals surface area contributed by atoms with Gasteiger partial charge in [-0.3, -0.25) is 14.4 Å². The normalized spacial score (nSPS) is 12.0. The second-order valence-electron chi connectivity index (χ2n) is 20.5. The van der Waals surface area contributed by atoms with E-state index in [4.69, 9.17) is 14.2 Å². The molecule has 0 unspecified atom stereocenters. The van der Waals surface area contributed by atoms with Crippen molar-refractivity contribution in [2.24, 2.45) is 11.8 Å². The van der Waals surface area contributed by atoms with Crippen LogP contribution in [0.15, 0.2) is 0 Å². The summed E-state index contributed by atoms with van der Waals surface area (Å²) in [6.45, 7) is 11.4. The first-order valence-corrected chi connectivity index (χ1v) is 28.2. The summed E-state index contributed by atoms with van der Waals surface area (Å²) in [6, 6.07) is 0. The molecule has 374 valence electrons. The van der Waals surface area contributed by atoms with Gasteiger partial charge in [-0.15, -0.1) is 0 Å². The van der Waals surface area contributed by atoms with Gasteiger partial charge in [-0.2, -0.15) is 0 Å². The number of carbonyl (C=O) groups excluding carboxylic acids is 3. The highest BCUT2D eigenvalue weighted by molar-refractivity contribution is 5.71. The van der Waals surface area contributed by atoms with E-state index in [2.05, 4.69) is 34.6 Å². The molecule has 0 saturated heterocycles.